The maximum Gasteiger partial charge on any atom is 0.408 e. The first-order chi connectivity index (χ1) is 32.8. The molecule has 2 heterocycles. The Morgan fingerprint density at radius 2 is 1.27 bits per heavy atom. The third-order valence-electron chi connectivity index (χ3n) is 13.6. The van der Waals surface area contributed by atoms with Crippen LogP contribution in [0.4, 0.5) is 9.59 Å². The molecule has 2 aromatic rings. The van der Waals surface area contributed by atoms with Crippen molar-refractivity contribution in [3.63, 3.8) is 0 Å². The zero-order valence-corrected chi connectivity index (χ0v) is 43.4. The molecule has 388 valence electrons. The highest BCUT2D eigenvalue weighted by molar-refractivity contribution is 7.91. The maximum absolute atomic E-state index is 14.6. The van der Waals surface area contributed by atoms with Crippen LogP contribution in [-0.4, -0.2) is 150 Å². The quantitative estimate of drug-likeness (QED) is 0.107. The Balaban J connectivity index is 1.32. The van der Waals surface area contributed by atoms with Gasteiger partial charge >= 0.3 is 12.2 Å². The van der Waals surface area contributed by atoms with Crippen molar-refractivity contribution in [1.29, 1.82) is 0 Å². The molecule has 2 saturated heterocycles. The zero-order chi connectivity index (χ0) is 51.4. The molecule has 0 unspecified atom stereocenters. The van der Waals surface area contributed by atoms with Gasteiger partial charge in [-0.3, -0.25) is 29.0 Å². The van der Waals surface area contributed by atoms with E-state index < -0.39 is 75.1 Å². The summed E-state index contributed by atoms with van der Waals surface area (Å²) in [6.07, 6.45) is 3.26. The molecule has 5 rings (SSSR count). The highest BCUT2D eigenvalue weighted by Crippen LogP contribution is 2.51. The van der Waals surface area contributed by atoms with Gasteiger partial charge < -0.3 is 36.0 Å². The minimum absolute atomic E-state index is 0.0463. The van der Waals surface area contributed by atoms with Crippen molar-refractivity contribution >= 4 is 45.7 Å². The molecule has 0 bridgehead atoms. The normalized spacial score (nSPS) is 18.9. The number of unbranched alkanes of at least 4 members (excludes halogenated alkanes) is 1. The first kappa shape index (κ1) is 55.7. The van der Waals surface area contributed by atoms with Crippen LogP contribution in [0.15, 0.2) is 60.7 Å². The largest absolute Gasteiger partial charge is 0.465 e. The van der Waals surface area contributed by atoms with E-state index in [1.807, 2.05) is 74.5 Å². The summed E-state index contributed by atoms with van der Waals surface area (Å²) in [7, 11) is -2.97. The molecule has 5 N–H and O–H groups in total. The Kier molecular flexibility index (Phi) is 19.3. The SMILES string of the molecule is CC(C)C[C@@H](NC(=O)[C@@H](Cc1ccccc1)NC(=O)[C@@H](Cc1ccccc1)N(C(=O)O)C(C)(C)C)C(=O)N[C@H](CCCCNC(=O)OC(C)(C)C)C(=O)N1CCC2(CC1)CC(N1CCS(=O)(=O)CC1)C2. The van der Waals surface area contributed by atoms with Crippen LogP contribution in [0, 0.1) is 11.3 Å². The minimum Gasteiger partial charge on any atom is -0.465 e. The van der Waals surface area contributed by atoms with Gasteiger partial charge in [-0.25, -0.2) is 18.0 Å². The molecule has 2 aliphatic heterocycles. The second kappa shape index (κ2) is 24.3. The Bertz CT molecular complexity index is 2180. The van der Waals surface area contributed by atoms with Gasteiger partial charge in [0.2, 0.25) is 23.6 Å². The first-order valence-electron chi connectivity index (χ1n) is 25.0. The summed E-state index contributed by atoms with van der Waals surface area (Å²) in [5.74, 6) is -1.78. The van der Waals surface area contributed by atoms with Crippen molar-refractivity contribution < 1.29 is 47.0 Å². The summed E-state index contributed by atoms with van der Waals surface area (Å²) in [6, 6.07) is 14.0. The van der Waals surface area contributed by atoms with Crippen molar-refractivity contribution in [2.45, 2.75) is 161 Å². The number of carbonyl (C=O) groups excluding carboxylic acids is 5. The average Bonchev–Trinajstić information content (AvgIpc) is 3.26. The number of carbonyl (C=O) groups is 6. The molecular weight excluding hydrogens is 915 g/mol. The number of likely N-dealkylation sites (tertiary alicyclic amines) is 1. The number of rotatable bonds is 20. The van der Waals surface area contributed by atoms with Gasteiger partial charge in [0.25, 0.3) is 0 Å². The van der Waals surface area contributed by atoms with Crippen LogP contribution >= 0.6 is 0 Å². The number of benzene rings is 2. The molecule has 1 aliphatic carbocycles. The van der Waals surface area contributed by atoms with Crippen molar-refractivity contribution in [2.24, 2.45) is 11.3 Å². The zero-order valence-electron chi connectivity index (χ0n) is 42.6. The van der Waals surface area contributed by atoms with Gasteiger partial charge in [0.1, 0.15) is 29.8 Å². The lowest BCUT2D eigenvalue weighted by Crippen LogP contribution is -2.62. The van der Waals surface area contributed by atoms with Gasteiger partial charge in [-0.05, 0) is 115 Å². The second-order valence-electron chi connectivity index (χ2n) is 22.0. The molecule has 2 aromatic carbocycles. The van der Waals surface area contributed by atoms with E-state index >= 15 is 0 Å². The third kappa shape index (κ3) is 16.7. The van der Waals surface area contributed by atoms with Gasteiger partial charge in [-0.1, -0.05) is 74.5 Å². The van der Waals surface area contributed by atoms with E-state index in [2.05, 4.69) is 26.2 Å². The van der Waals surface area contributed by atoms with Gasteiger partial charge in [-0.15, -0.1) is 0 Å². The number of alkyl carbamates (subject to hydrolysis) is 1. The Hall–Kier alpha value is -5.23. The number of hydrogen-bond acceptors (Lipinski definition) is 10. The van der Waals surface area contributed by atoms with Crippen LogP contribution in [0.2, 0.25) is 0 Å². The molecule has 4 atom stereocenters. The average molecular weight is 994 g/mol. The molecule has 0 radical (unpaired) electrons. The summed E-state index contributed by atoms with van der Waals surface area (Å²) < 4.78 is 29.4. The molecule has 3 fully saturated rings. The van der Waals surface area contributed by atoms with Crippen molar-refractivity contribution in [2.75, 3.05) is 44.2 Å². The predicted molar refractivity (Wildman–Crippen MR) is 269 cm³/mol. The van der Waals surface area contributed by atoms with Gasteiger partial charge in [0.15, 0.2) is 9.84 Å². The third-order valence-corrected chi connectivity index (χ3v) is 15.3. The van der Waals surface area contributed by atoms with E-state index in [1.54, 1.807) is 46.4 Å². The van der Waals surface area contributed by atoms with Crippen LogP contribution in [0.5, 0.6) is 0 Å². The Morgan fingerprint density at radius 3 is 1.80 bits per heavy atom. The molecule has 0 aromatic heterocycles. The summed E-state index contributed by atoms with van der Waals surface area (Å²) in [6.45, 7) is 16.7. The molecule has 1 spiro atoms. The number of piperidine rings is 1. The molecule has 17 nitrogen and oxygen atoms in total. The van der Waals surface area contributed by atoms with Crippen molar-refractivity contribution in [3.05, 3.63) is 71.8 Å². The van der Waals surface area contributed by atoms with Gasteiger partial charge in [0.05, 0.1) is 11.5 Å². The fraction of sp³-hybridized carbons (Fsp3) is 0.654. The molecule has 6 amide bonds. The number of nitrogens with zero attached hydrogens (tertiary/aromatic N) is 3. The molecule has 3 aliphatic rings. The summed E-state index contributed by atoms with van der Waals surface area (Å²) in [5, 5.41) is 22.0. The van der Waals surface area contributed by atoms with E-state index in [9.17, 15) is 42.3 Å². The van der Waals surface area contributed by atoms with Crippen LogP contribution in [0.3, 0.4) is 0 Å². The minimum atomic E-state index is -2.97. The summed E-state index contributed by atoms with van der Waals surface area (Å²) in [4.78, 5) is 88.4. The number of carboxylic acid groups (broad SMARTS) is 1. The molecular formula is C52H79N7O10S. The van der Waals surface area contributed by atoms with Gasteiger partial charge in [0, 0.05) is 57.1 Å². The lowest BCUT2D eigenvalue weighted by Gasteiger charge is -2.56. The van der Waals surface area contributed by atoms with E-state index in [1.165, 1.54) is 0 Å². The van der Waals surface area contributed by atoms with E-state index in [4.69, 9.17) is 4.74 Å². The maximum atomic E-state index is 14.6. The fourth-order valence-electron chi connectivity index (χ4n) is 9.96. The van der Waals surface area contributed by atoms with Crippen LogP contribution in [0.25, 0.3) is 0 Å². The Morgan fingerprint density at radius 1 is 0.743 bits per heavy atom. The standard InChI is InChI=1S/C52H79N7O10S/c1-36(2)31-41(55-45(61)42(32-37-17-11-9-12-18-37)56-46(62)43(33-38-19-13-10-14-20-38)59(49(65)66)50(3,4)5)44(60)54-40(21-15-16-24-53-48(64)69-51(6,7)8)47(63)58-25-22-52(23-26-58)34-39(35-52)57-27-29-70(67,68)30-28-57/h9-14,17-20,36,39-43H,15-16,21-35H2,1-8H3,(H,53,64)(H,54,60)(H,55,61)(H,56,62)(H,65,66)/t40-,41-,42-,43-/m1/s1. The number of nitrogens with one attached hydrogen (secondary N) is 4. The van der Waals surface area contributed by atoms with E-state index in [-0.39, 0.29) is 54.4 Å². The molecule has 1 saturated carbocycles. The van der Waals surface area contributed by atoms with Gasteiger partial charge in [-0.2, -0.15) is 0 Å². The topological polar surface area (TPSA) is 224 Å². The first-order valence-corrected chi connectivity index (χ1v) is 26.9. The molecule has 18 heteroatoms. The van der Waals surface area contributed by atoms with Crippen LogP contribution < -0.4 is 21.3 Å². The van der Waals surface area contributed by atoms with E-state index in [0.29, 0.717) is 51.6 Å². The van der Waals surface area contributed by atoms with Crippen molar-refractivity contribution in [3.8, 4) is 0 Å². The van der Waals surface area contributed by atoms with Crippen molar-refractivity contribution in [1.82, 2.24) is 36.0 Å². The fourth-order valence-corrected chi connectivity index (χ4v) is 11.2. The highest BCUT2D eigenvalue weighted by atomic mass is 32.2. The Labute approximate surface area is 415 Å². The molecule has 70 heavy (non-hydrogen) atoms. The van der Waals surface area contributed by atoms with Crippen LogP contribution in [0.1, 0.15) is 118 Å². The smallest absolute Gasteiger partial charge is 0.408 e. The summed E-state index contributed by atoms with van der Waals surface area (Å²) >= 11 is 0. The number of sulfone groups is 1. The monoisotopic (exact) mass is 994 g/mol. The number of amides is 6. The number of ether oxygens (including phenoxy) is 1. The summed E-state index contributed by atoms with van der Waals surface area (Å²) in [5.41, 5.74) is -0.103. The van der Waals surface area contributed by atoms with Crippen LogP contribution in [-0.2, 0) is 46.6 Å². The number of hydrogen-bond donors (Lipinski definition) is 5. The lowest BCUT2D eigenvalue weighted by atomic mass is 9.60. The predicted octanol–water partition coefficient (Wildman–Crippen LogP) is 5.32. The lowest BCUT2D eigenvalue weighted by molar-refractivity contribution is -0.141. The highest BCUT2D eigenvalue weighted by Gasteiger charge is 2.49. The van der Waals surface area contributed by atoms with E-state index in [0.717, 1.165) is 41.7 Å². The second-order valence-corrected chi connectivity index (χ2v) is 24.3.